The molecule has 6 N–H and O–H groups in total. The number of nitrogens with zero attached hydrogens (tertiary/aromatic N) is 3. The third-order valence-corrected chi connectivity index (χ3v) is 6.01. The van der Waals surface area contributed by atoms with E-state index in [-0.39, 0.29) is 17.2 Å². The molecule has 33 heavy (non-hydrogen) atoms. The first-order valence-electron chi connectivity index (χ1n) is 10.9. The van der Waals surface area contributed by atoms with E-state index in [1.165, 1.54) is 0 Å². The van der Waals surface area contributed by atoms with Gasteiger partial charge in [0.1, 0.15) is 23.0 Å². The zero-order valence-corrected chi connectivity index (χ0v) is 18.1. The monoisotopic (exact) mass is 439 g/mol. The van der Waals surface area contributed by atoms with Gasteiger partial charge >= 0.3 is 0 Å². The van der Waals surface area contributed by atoms with Crippen LogP contribution in [0.4, 0.5) is 0 Å². The van der Waals surface area contributed by atoms with Crippen molar-refractivity contribution in [3.8, 4) is 0 Å². The number of benzene rings is 2. The number of hydrogen-bond donors (Lipinski definition) is 4. The minimum atomic E-state index is -0.108. The number of nitrogens with one attached hydrogen (secondary N) is 2. The normalized spacial score (nSPS) is 13.3. The molecule has 2 aromatic carbocycles. The lowest BCUT2D eigenvalue weighted by Crippen LogP contribution is -2.23. The summed E-state index contributed by atoms with van der Waals surface area (Å²) in [6.07, 6.45) is 3.92. The summed E-state index contributed by atoms with van der Waals surface area (Å²) >= 11 is 0. The molecule has 0 bridgehead atoms. The first-order chi connectivity index (χ1) is 15.9. The largest absolute Gasteiger partial charge is 0.384 e. The minimum absolute atomic E-state index is 0.000378. The van der Waals surface area contributed by atoms with Gasteiger partial charge in [-0.1, -0.05) is 36.4 Å². The maximum absolute atomic E-state index is 13.6. The maximum Gasteiger partial charge on any atom is 0.277 e. The molecule has 0 aliphatic heterocycles. The lowest BCUT2D eigenvalue weighted by molar-refractivity contribution is 0.725. The molecule has 0 spiro atoms. The van der Waals surface area contributed by atoms with Crippen molar-refractivity contribution in [2.75, 3.05) is 0 Å². The highest BCUT2D eigenvalue weighted by Crippen LogP contribution is 2.40. The molecule has 4 aromatic rings. The zero-order chi connectivity index (χ0) is 23.1. The van der Waals surface area contributed by atoms with E-state index >= 15 is 0 Å². The summed E-state index contributed by atoms with van der Waals surface area (Å²) in [7, 11) is 0. The van der Waals surface area contributed by atoms with E-state index < -0.39 is 0 Å². The van der Waals surface area contributed by atoms with Crippen LogP contribution >= 0.6 is 0 Å². The summed E-state index contributed by atoms with van der Waals surface area (Å²) in [5.41, 5.74) is 15.6. The Balaban J connectivity index is 1.58. The highest BCUT2D eigenvalue weighted by Gasteiger charge is 2.30. The fourth-order valence-electron chi connectivity index (χ4n) is 4.19. The maximum atomic E-state index is 13.6. The van der Waals surface area contributed by atoms with E-state index in [1.807, 2.05) is 53.1 Å². The minimum Gasteiger partial charge on any atom is -0.384 e. The topological polar surface area (TPSA) is 140 Å². The Hall–Kier alpha value is -4.20. The number of fused-ring (bicyclic) bond motifs is 1. The van der Waals surface area contributed by atoms with Gasteiger partial charge in [0.15, 0.2) is 0 Å². The van der Waals surface area contributed by atoms with Crippen LogP contribution in [0.25, 0.3) is 11.0 Å². The van der Waals surface area contributed by atoms with Crippen LogP contribution < -0.4 is 17.0 Å². The Morgan fingerprint density at radius 2 is 1.55 bits per heavy atom. The molecule has 2 aromatic heterocycles. The van der Waals surface area contributed by atoms with Gasteiger partial charge in [-0.05, 0) is 42.2 Å². The third kappa shape index (κ3) is 4.03. The molecular weight excluding hydrogens is 414 g/mol. The van der Waals surface area contributed by atoms with Crippen molar-refractivity contribution in [1.29, 1.82) is 10.8 Å². The number of imidazole rings is 1. The lowest BCUT2D eigenvalue weighted by Gasteiger charge is -2.12. The van der Waals surface area contributed by atoms with Crippen molar-refractivity contribution in [1.82, 2.24) is 14.1 Å². The molecule has 1 saturated carbocycles. The van der Waals surface area contributed by atoms with Crippen molar-refractivity contribution < 1.29 is 0 Å². The molecule has 0 saturated heterocycles. The van der Waals surface area contributed by atoms with Gasteiger partial charge in [-0.3, -0.25) is 15.6 Å². The number of rotatable bonds is 7. The van der Waals surface area contributed by atoms with E-state index in [9.17, 15) is 4.79 Å². The highest BCUT2D eigenvalue weighted by molar-refractivity contribution is 5.95. The zero-order valence-electron chi connectivity index (χ0n) is 18.1. The highest BCUT2D eigenvalue weighted by atomic mass is 16.1. The van der Waals surface area contributed by atoms with Crippen molar-refractivity contribution in [2.45, 2.75) is 31.8 Å². The molecular formula is C25H25N7O. The number of amidine groups is 2. The van der Waals surface area contributed by atoms with Crippen LogP contribution in [0.15, 0.2) is 65.6 Å². The van der Waals surface area contributed by atoms with Crippen molar-refractivity contribution in [3.63, 3.8) is 0 Å². The SMILES string of the molecule is N=C(N)c1cccc(Cn2ccc3nc(C4CC4)n(Cc4cccc(C(=N)N)c4)c3c2=O)c1. The Morgan fingerprint density at radius 3 is 2.12 bits per heavy atom. The number of aromatic nitrogens is 3. The fourth-order valence-corrected chi connectivity index (χ4v) is 4.19. The van der Waals surface area contributed by atoms with E-state index in [0.717, 1.165) is 29.8 Å². The van der Waals surface area contributed by atoms with Gasteiger partial charge in [-0.2, -0.15) is 0 Å². The average Bonchev–Trinajstić information content (AvgIpc) is 3.58. The first-order valence-corrected chi connectivity index (χ1v) is 10.9. The summed E-state index contributed by atoms with van der Waals surface area (Å²) in [5, 5.41) is 15.4. The number of nitrogens with two attached hydrogens (primary N) is 2. The molecule has 1 aliphatic rings. The molecule has 1 fully saturated rings. The summed E-state index contributed by atoms with van der Waals surface area (Å²) in [6.45, 7) is 0.863. The predicted octanol–water partition coefficient (Wildman–Crippen LogP) is 2.74. The predicted molar refractivity (Wildman–Crippen MR) is 129 cm³/mol. The molecule has 0 unspecified atom stereocenters. The van der Waals surface area contributed by atoms with Crippen molar-refractivity contribution in [2.24, 2.45) is 11.5 Å². The molecule has 166 valence electrons. The van der Waals surface area contributed by atoms with Gasteiger partial charge in [0.2, 0.25) is 0 Å². The lowest BCUT2D eigenvalue weighted by atomic mass is 10.1. The second-order valence-corrected chi connectivity index (χ2v) is 8.54. The van der Waals surface area contributed by atoms with Crippen LogP contribution in [0.1, 0.15) is 46.8 Å². The second-order valence-electron chi connectivity index (χ2n) is 8.54. The van der Waals surface area contributed by atoms with E-state index in [4.69, 9.17) is 27.3 Å². The second kappa shape index (κ2) is 8.05. The Bertz CT molecular complexity index is 1460. The molecule has 2 heterocycles. The van der Waals surface area contributed by atoms with Gasteiger partial charge in [0.25, 0.3) is 5.56 Å². The van der Waals surface area contributed by atoms with Gasteiger partial charge < -0.3 is 20.6 Å². The summed E-state index contributed by atoms with van der Waals surface area (Å²) in [6, 6.07) is 16.8. The Kier molecular flexibility index (Phi) is 5.05. The van der Waals surface area contributed by atoms with Crippen molar-refractivity contribution in [3.05, 3.63) is 99.2 Å². The van der Waals surface area contributed by atoms with E-state index in [1.54, 1.807) is 16.8 Å². The van der Waals surface area contributed by atoms with Crippen LogP contribution in [-0.4, -0.2) is 25.8 Å². The van der Waals surface area contributed by atoms with Gasteiger partial charge in [-0.25, -0.2) is 4.98 Å². The summed E-state index contributed by atoms with van der Waals surface area (Å²) < 4.78 is 3.69. The van der Waals surface area contributed by atoms with Gasteiger partial charge in [0.05, 0.1) is 12.1 Å². The molecule has 0 amide bonds. The summed E-state index contributed by atoms with van der Waals surface area (Å²) in [4.78, 5) is 18.4. The van der Waals surface area contributed by atoms with Crippen LogP contribution in [0.2, 0.25) is 0 Å². The molecule has 8 nitrogen and oxygen atoms in total. The van der Waals surface area contributed by atoms with E-state index in [0.29, 0.717) is 41.2 Å². The molecule has 8 heteroatoms. The number of nitrogen functional groups attached to an aromatic ring is 2. The van der Waals surface area contributed by atoms with Crippen molar-refractivity contribution >= 4 is 22.7 Å². The van der Waals surface area contributed by atoms with Crippen LogP contribution in [-0.2, 0) is 13.1 Å². The summed E-state index contributed by atoms with van der Waals surface area (Å²) in [5.74, 6) is 1.32. The molecule has 5 rings (SSSR count). The molecule has 1 aliphatic carbocycles. The Morgan fingerprint density at radius 1 is 0.939 bits per heavy atom. The average molecular weight is 440 g/mol. The standard InChI is InChI=1S/C25H25N7O/c26-22(27)18-5-1-3-15(11-18)13-31-10-9-20-21(25(31)33)32(24(30-20)17-7-8-17)14-16-4-2-6-19(12-16)23(28)29/h1-6,9-12,17H,7-8,13-14H2,(H3,26,27)(H3,28,29). The van der Waals surface area contributed by atoms with Crippen LogP contribution in [0.3, 0.4) is 0 Å². The fraction of sp³-hybridized carbons (Fsp3) is 0.200. The quantitative estimate of drug-likeness (QED) is 0.260. The van der Waals surface area contributed by atoms with E-state index in [2.05, 4.69) is 0 Å². The molecule has 0 radical (unpaired) electrons. The van der Waals surface area contributed by atoms with Gasteiger partial charge in [0, 0.05) is 29.8 Å². The van der Waals surface area contributed by atoms with Crippen LogP contribution in [0, 0.1) is 10.8 Å². The van der Waals surface area contributed by atoms with Crippen LogP contribution in [0.5, 0.6) is 0 Å². The molecule has 0 atom stereocenters. The number of pyridine rings is 1. The first kappa shape index (κ1) is 20.7. The smallest absolute Gasteiger partial charge is 0.277 e. The Labute approximate surface area is 190 Å². The third-order valence-electron chi connectivity index (χ3n) is 6.01. The van der Waals surface area contributed by atoms with Gasteiger partial charge in [-0.15, -0.1) is 0 Å². The number of hydrogen-bond acceptors (Lipinski definition) is 4.